The number of fused-ring (bicyclic) bond motifs is 25. The Hall–Kier alpha value is -16.8. The first kappa shape index (κ1) is 56.8. The van der Waals surface area contributed by atoms with Crippen molar-refractivity contribution in [2.24, 2.45) is 0 Å². The molecule has 28 rings (SSSR count). The topological polar surface area (TPSA) is 29.5 Å². The third kappa shape index (κ3) is 10.5. The van der Waals surface area contributed by atoms with Gasteiger partial charge in [-0.2, -0.15) is 0 Å². The van der Waals surface area contributed by atoms with E-state index >= 15 is 0 Å². The number of rotatable bonds is 9. The van der Waals surface area contributed by atoms with Crippen molar-refractivity contribution in [3.63, 3.8) is 0 Å². The summed E-state index contributed by atoms with van der Waals surface area (Å²) in [5.41, 5.74) is 15.6. The van der Waals surface area contributed by atoms with E-state index in [1.165, 1.54) is 0 Å². The lowest BCUT2D eigenvalue weighted by Gasteiger charge is -2.46. The van der Waals surface area contributed by atoms with Crippen molar-refractivity contribution >= 4 is 209 Å². The molecule has 590 valence electrons. The Bertz CT molecular complexity index is 9450. The highest BCUT2D eigenvalue weighted by molar-refractivity contribution is 7.00. The van der Waals surface area contributed by atoms with Crippen molar-refractivity contribution in [1.82, 2.24) is 9.13 Å². The van der Waals surface area contributed by atoms with Crippen LogP contribution in [-0.2, 0) is 0 Å². The molecule has 0 spiro atoms. The van der Waals surface area contributed by atoms with Gasteiger partial charge in [0, 0.05) is 88.7 Å². The van der Waals surface area contributed by atoms with E-state index in [4.69, 9.17) is 4.42 Å². The number of hydrogen-bond donors (Lipinski definition) is 0. The molecule has 0 atom stereocenters. The van der Waals surface area contributed by atoms with Gasteiger partial charge in [-0.05, 0) is 239 Å². The number of para-hydroxylation sites is 7. The van der Waals surface area contributed by atoms with E-state index in [0.29, 0.717) is 56.2 Å². The molecule has 0 aliphatic carbocycles. The third-order valence-electron chi connectivity index (χ3n) is 27.1. The monoisotopic (exact) mass is 1640 g/mol. The maximum Gasteiger partial charge on any atom is 0.252 e. The molecule has 0 N–H and O–H groups in total. The largest absolute Gasteiger partial charge is 0.456 e. The van der Waals surface area contributed by atoms with Gasteiger partial charge in [-0.15, -0.1) is 0 Å². The van der Waals surface area contributed by atoms with Crippen LogP contribution in [0.3, 0.4) is 0 Å². The number of nitrogens with zero attached hydrogens (tertiary/aromatic N) is 4. The summed E-state index contributed by atoms with van der Waals surface area (Å²) in [5.74, 6) is 0. The van der Waals surface area contributed by atoms with Crippen LogP contribution >= 0.6 is 0 Å². The van der Waals surface area contributed by atoms with Crippen LogP contribution < -0.4 is 26.2 Å². The molecule has 3 aromatic heterocycles. The molecule has 2 aliphatic heterocycles. The summed E-state index contributed by atoms with van der Waals surface area (Å²) in [6.07, 6.45) is 0. The van der Waals surface area contributed by atoms with E-state index in [-0.39, 0.29) is 55.0 Å². The van der Waals surface area contributed by atoms with Gasteiger partial charge in [0.05, 0.1) is 55.4 Å². The Kier molecular flexibility index (Phi) is 12.1. The molecule has 0 radical (unpaired) electrons. The second-order valence-corrected chi connectivity index (χ2v) is 33.7. The predicted molar refractivity (Wildman–Crippen MR) is 544 cm³/mol. The minimum Gasteiger partial charge on any atom is -0.456 e. The van der Waals surface area contributed by atoms with Gasteiger partial charge in [0.15, 0.2) is 0 Å². The van der Waals surface area contributed by atoms with Gasteiger partial charge in [-0.25, -0.2) is 0 Å². The summed E-state index contributed by atoms with van der Waals surface area (Å²) in [4.78, 5) is 4.72. The van der Waals surface area contributed by atoms with Gasteiger partial charge in [0.2, 0.25) is 0 Å². The first-order chi connectivity index (χ1) is 70.1. The van der Waals surface area contributed by atoms with Crippen molar-refractivity contribution in [1.29, 1.82) is 0 Å². The van der Waals surface area contributed by atoms with Crippen LogP contribution in [0, 0.1) is 0 Å². The fourth-order valence-electron chi connectivity index (χ4n) is 21.3. The van der Waals surface area contributed by atoms with Gasteiger partial charge in [0.1, 0.15) is 11.2 Å². The van der Waals surface area contributed by atoms with Crippen molar-refractivity contribution in [2.45, 2.75) is 0 Å². The molecule has 5 heterocycles. The molecule has 6 heteroatoms. The number of furan rings is 1. The van der Waals surface area contributed by atoms with Crippen LogP contribution in [0.25, 0.3) is 219 Å². The minimum absolute atomic E-state index is 0.0787. The zero-order valence-electron chi connectivity index (χ0n) is 84.2. The van der Waals surface area contributed by atoms with Crippen molar-refractivity contribution < 1.29 is 26.3 Å². The molecule has 0 saturated carbocycles. The number of benzene rings is 23. The highest BCUT2D eigenvalue weighted by Gasteiger charge is 2.46. The molecular formula is C122H73BN4O. The summed E-state index contributed by atoms with van der Waals surface area (Å²) in [5, 5.41) is 17.8. The van der Waals surface area contributed by atoms with E-state index in [1.807, 2.05) is 84.9 Å². The second kappa shape index (κ2) is 27.4. The molecule has 0 unspecified atom stereocenters. The second-order valence-electron chi connectivity index (χ2n) is 33.7. The summed E-state index contributed by atoms with van der Waals surface area (Å²) in [6.45, 7) is -0.894. The Morgan fingerprint density at radius 2 is 0.516 bits per heavy atom. The quantitative estimate of drug-likeness (QED) is 0.107. The highest BCUT2D eigenvalue weighted by atomic mass is 16.3. The van der Waals surface area contributed by atoms with Crippen LogP contribution in [0.15, 0.2) is 447 Å². The lowest BCUT2D eigenvalue weighted by atomic mass is 9.33. The first-order valence-corrected chi connectivity index (χ1v) is 43.0. The maximum atomic E-state index is 10.2. The number of anilines is 6. The number of hydrogen-bond acceptors (Lipinski definition) is 3. The fourth-order valence-corrected chi connectivity index (χ4v) is 21.3. The highest BCUT2D eigenvalue weighted by Crippen LogP contribution is 2.56. The van der Waals surface area contributed by atoms with Gasteiger partial charge < -0.3 is 23.4 Å². The Balaban J connectivity index is 0.845. The fraction of sp³-hybridized carbons (Fsp3) is 0. The Morgan fingerprint density at radius 3 is 0.891 bits per heavy atom. The molecule has 0 saturated heterocycles. The summed E-state index contributed by atoms with van der Waals surface area (Å²) in [6, 6.07) is 112. The molecule has 23 aromatic carbocycles. The lowest BCUT2D eigenvalue weighted by molar-refractivity contribution is 0.669. The van der Waals surface area contributed by atoms with E-state index < -0.39 is 103 Å². The lowest BCUT2D eigenvalue weighted by Crippen LogP contribution is -2.61. The van der Waals surface area contributed by atoms with Crippen LogP contribution in [0.2, 0.25) is 0 Å². The van der Waals surface area contributed by atoms with Crippen LogP contribution in [0.1, 0.15) is 21.9 Å². The maximum absolute atomic E-state index is 10.2. The SMILES string of the molecule is [2H]c1c([2H])c([2H])c2c(c1[2H])c1c([2H])c([2H])c([2H])c([2H])c1n2-c1ccc2c(c1)N(c1c(-c3ccc4ccc5ccccc5c4c3)cccc1-c1ccc3ccc4ccccc4c3c1)c1cc(-c3ccc4oc5ccccc5c4c3)cc3c1B2c1ccc(-n2c4c([2H])c([2H])c([2H])c([2H])c4c4c([2H])c([2H])c([2H])c([2H])c42)cc1N3c1c(-c2ccc3ccc4ccccc4c3c2)cccc1-c1ccc2ccc3ccccc3c2c1. The third-order valence-corrected chi connectivity index (χ3v) is 27.1. The standard InChI is InChI=1S/C122H73BN4O/c1-5-25-90-74(21-1)43-47-78-51-55-83(66-103(78)90)94-34-19-35-95(84-56-52-79-48-44-75-22-2-6-26-91(75)104(79)67-84)121(94)126-114-72-88(124-110-38-14-9-29-98(110)99-30-10-15-39-111(99)124)60-62-108(114)123-109-63-61-89(125-112-40-16-11-31-100(112)101-32-12-17-41-113(101)125)73-115(109)127(117-71-87(70-116(126)120(117)123)82-59-64-119-107(65-82)102-33-13-18-42-118(102)128-119)122-96(85-57-53-80-49-45-76-23-3-7-27-92(76)105(80)68-85)36-20-37-97(122)86-58-54-81-50-46-77-24-4-8-28-93(77)106(81)69-86/h1-73H/i9D,10D,11D,12D,14D,15D,16D,17D,29D,30D,31D,32D,38D,39D,40D,41D. The molecule has 128 heavy (non-hydrogen) atoms. The molecule has 0 fully saturated rings. The van der Waals surface area contributed by atoms with Crippen molar-refractivity contribution in [2.75, 3.05) is 9.80 Å². The molecule has 2 aliphatic rings. The van der Waals surface area contributed by atoms with Crippen molar-refractivity contribution in [3.8, 4) is 67.0 Å². The van der Waals surface area contributed by atoms with E-state index in [9.17, 15) is 21.9 Å². The van der Waals surface area contributed by atoms with E-state index in [2.05, 4.69) is 271 Å². The molecular weight excluding hydrogens is 1550 g/mol. The van der Waals surface area contributed by atoms with Gasteiger partial charge in [-0.1, -0.05) is 339 Å². The Morgan fingerprint density at radius 1 is 0.211 bits per heavy atom. The summed E-state index contributed by atoms with van der Waals surface area (Å²) >= 11 is 0. The smallest absolute Gasteiger partial charge is 0.252 e. The predicted octanol–water partition coefficient (Wildman–Crippen LogP) is 31.4. The molecule has 5 nitrogen and oxygen atoms in total. The molecule has 0 bridgehead atoms. The van der Waals surface area contributed by atoms with Gasteiger partial charge >= 0.3 is 0 Å². The van der Waals surface area contributed by atoms with E-state index in [1.54, 1.807) is 9.13 Å². The summed E-state index contributed by atoms with van der Waals surface area (Å²) < 4.78 is 166. The first-order valence-electron chi connectivity index (χ1n) is 51.0. The van der Waals surface area contributed by atoms with Crippen LogP contribution in [0.5, 0.6) is 0 Å². The van der Waals surface area contributed by atoms with E-state index in [0.717, 1.165) is 158 Å². The average Bonchev–Trinajstić information content (AvgIpc) is 0.992. The Labute approximate surface area is 759 Å². The summed E-state index contributed by atoms with van der Waals surface area (Å²) in [7, 11) is 0. The average molecular weight is 1640 g/mol. The molecule has 0 amide bonds. The van der Waals surface area contributed by atoms with Crippen LogP contribution in [0.4, 0.5) is 34.1 Å². The minimum atomic E-state index is -0.894. The van der Waals surface area contributed by atoms with Crippen LogP contribution in [-0.4, -0.2) is 15.8 Å². The van der Waals surface area contributed by atoms with Gasteiger partial charge in [-0.3, -0.25) is 0 Å². The number of aromatic nitrogens is 2. The van der Waals surface area contributed by atoms with Crippen molar-refractivity contribution in [3.05, 3.63) is 442 Å². The zero-order valence-corrected chi connectivity index (χ0v) is 68.2. The molecule has 26 aromatic rings. The van der Waals surface area contributed by atoms with Gasteiger partial charge in [0.25, 0.3) is 6.71 Å². The zero-order chi connectivity index (χ0) is 97.4. The normalized spacial score (nSPS) is 14.4.